The lowest BCUT2D eigenvalue weighted by atomic mass is 9.97. The summed E-state index contributed by atoms with van der Waals surface area (Å²) in [6.45, 7) is 5.32. The van der Waals surface area contributed by atoms with Crippen molar-refractivity contribution in [2.24, 2.45) is 5.92 Å². The van der Waals surface area contributed by atoms with Gasteiger partial charge in [-0.1, -0.05) is 31.1 Å². The van der Waals surface area contributed by atoms with Gasteiger partial charge in [0.05, 0.1) is 12.5 Å². The van der Waals surface area contributed by atoms with E-state index in [-0.39, 0.29) is 17.9 Å². The van der Waals surface area contributed by atoms with Crippen molar-refractivity contribution >= 4 is 28.5 Å². The van der Waals surface area contributed by atoms with Crippen LogP contribution in [0.25, 0.3) is 0 Å². The molecule has 1 fully saturated rings. The number of aromatic nitrogens is 2. The number of amides is 2. The van der Waals surface area contributed by atoms with Gasteiger partial charge in [-0.25, -0.2) is 4.79 Å². The minimum absolute atomic E-state index is 0.0970. The molecule has 1 atom stereocenters. The third-order valence-electron chi connectivity index (χ3n) is 4.01. The zero-order valence-corrected chi connectivity index (χ0v) is 15.2. The number of unbranched alkanes of at least 4 members (excludes halogenated alkanes) is 2. The summed E-state index contributed by atoms with van der Waals surface area (Å²) in [4.78, 5) is 25.8. The van der Waals surface area contributed by atoms with E-state index in [1.807, 2.05) is 0 Å². The summed E-state index contributed by atoms with van der Waals surface area (Å²) in [6, 6.07) is 0. The van der Waals surface area contributed by atoms with Crippen LogP contribution in [0.5, 0.6) is 0 Å². The first-order chi connectivity index (χ1) is 11.6. The molecule has 1 N–H and O–H groups in total. The molecule has 1 aromatic rings. The number of likely N-dealkylation sites (tertiary alicyclic amines) is 1. The predicted octanol–water partition coefficient (Wildman–Crippen LogP) is 3.08. The minimum atomic E-state index is -0.343. The van der Waals surface area contributed by atoms with E-state index in [9.17, 15) is 9.59 Å². The quantitative estimate of drug-likeness (QED) is 0.761. The average Bonchev–Trinajstić information content (AvgIpc) is 3.03. The Hall–Kier alpha value is -1.70. The molecule has 1 aliphatic heterocycles. The van der Waals surface area contributed by atoms with E-state index in [2.05, 4.69) is 22.4 Å². The number of piperidine rings is 1. The van der Waals surface area contributed by atoms with E-state index in [1.54, 1.807) is 11.8 Å². The van der Waals surface area contributed by atoms with Gasteiger partial charge < -0.3 is 15.0 Å². The van der Waals surface area contributed by atoms with Crippen LogP contribution in [0, 0.1) is 5.92 Å². The Kier molecular flexibility index (Phi) is 7.42. The molecule has 1 unspecified atom stereocenters. The van der Waals surface area contributed by atoms with E-state index in [4.69, 9.17) is 4.74 Å². The van der Waals surface area contributed by atoms with Gasteiger partial charge in [0.15, 0.2) is 0 Å². The molecule has 2 heterocycles. The molecule has 0 aromatic carbocycles. The van der Waals surface area contributed by atoms with Gasteiger partial charge in [0.2, 0.25) is 11.0 Å². The molecule has 1 saturated heterocycles. The topological polar surface area (TPSA) is 84.4 Å². The Morgan fingerprint density at radius 1 is 1.33 bits per heavy atom. The normalized spacial score (nSPS) is 17.6. The van der Waals surface area contributed by atoms with Crippen LogP contribution in [0.15, 0.2) is 0 Å². The van der Waals surface area contributed by atoms with Crippen LogP contribution in [0.2, 0.25) is 0 Å². The molecular formula is C16H26N4O3S. The number of ether oxygens (including phenoxy) is 1. The molecular weight excluding hydrogens is 328 g/mol. The summed E-state index contributed by atoms with van der Waals surface area (Å²) in [5, 5.41) is 12.5. The molecule has 0 bridgehead atoms. The maximum atomic E-state index is 12.4. The first kappa shape index (κ1) is 18.6. The number of anilines is 1. The van der Waals surface area contributed by atoms with Crippen LogP contribution in [-0.4, -0.2) is 46.8 Å². The van der Waals surface area contributed by atoms with Crippen LogP contribution in [-0.2, 0) is 16.0 Å². The average molecular weight is 354 g/mol. The zero-order valence-electron chi connectivity index (χ0n) is 14.4. The van der Waals surface area contributed by atoms with Gasteiger partial charge in [-0.3, -0.25) is 4.79 Å². The van der Waals surface area contributed by atoms with Crippen molar-refractivity contribution in [1.29, 1.82) is 0 Å². The lowest BCUT2D eigenvalue weighted by Crippen LogP contribution is -2.44. The summed E-state index contributed by atoms with van der Waals surface area (Å²) in [7, 11) is 0. The van der Waals surface area contributed by atoms with Gasteiger partial charge in [0.25, 0.3) is 0 Å². The maximum absolute atomic E-state index is 12.4. The number of carbonyl (C=O) groups is 2. The Labute approximate surface area is 146 Å². The third kappa shape index (κ3) is 5.43. The number of hydrogen-bond acceptors (Lipinski definition) is 6. The molecule has 0 radical (unpaired) electrons. The highest BCUT2D eigenvalue weighted by Crippen LogP contribution is 2.22. The zero-order chi connectivity index (χ0) is 17.4. The molecule has 7 nitrogen and oxygen atoms in total. The van der Waals surface area contributed by atoms with Crippen molar-refractivity contribution in [3.8, 4) is 0 Å². The van der Waals surface area contributed by atoms with E-state index >= 15 is 0 Å². The monoisotopic (exact) mass is 354 g/mol. The minimum Gasteiger partial charge on any atom is -0.450 e. The van der Waals surface area contributed by atoms with Crippen molar-refractivity contribution in [1.82, 2.24) is 15.1 Å². The third-order valence-corrected chi connectivity index (χ3v) is 4.91. The van der Waals surface area contributed by atoms with E-state index in [1.165, 1.54) is 24.2 Å². The number of carbonyl (C=O) groups excluding carboxylic acids is 2. The van der Waals surface area contributed by atoms with Crippen molar-refractivity contribution < 1.29 is 14.3 Å². The van der Waals surface area contributed by atoms with Crippen LogP contribution >= 0.6 is 11.3 Å². The second-order valence-electron chi connectivity index (χ2n) is 5.93. The number of hydrogen-bond donors (Lipinski definition) is 1. The molecule has 1 aliphatic rings. The molecule has 24 heavy (non-hydrogen) atoms. The smallest absolute Gasteiger partial charge is 0.409 e. The molecule has 8 heteroatoms. The lowest BCUT2D eigenvalue weighted by molar-refractivity contribution is -0.121. The van der Waals surface area contributed by atoms with Crippen molar-refractivity contribution in [2.75, 3.05) is 25.0 Å². The van der Waals surface area contributed by atoms with Gasteiger partial charge in [-0.05, 0) is 26.2 Å². The second kappa shape index (κ2) is 9.56. The number of nitrogens with one attached hydrogen (secondary N) is 1. The maximum Gasteiger partial charge on any atom is 0.409 e. The predicted molar refractivity (Wildman–Crippen MR) is 93.1 cm³/mol. The highest BCUT2D eigenvalue weighted by molar-refractivity contribution is 7.15. The lowest BCUT2D eigenvalue weighted by Gasteiger charge is -2.30. The first-order valence-electron chi connectivity index (χ1n) is 8.69. The molecule has 2 amide bonds. The fourth-order valence-corrected chi connectivity index (χ4v) is 3.50. The van der Waals surface area contributed by atoms with E-state index in [0.717, 1.165) is 30.7 Å². The second-order valence-corrected chi connectivity index (χ2v) is 6.99. The fraction of sp³-hybridized carbons (Fsp3) is 0.750. The molecule has 2 rings (SSSR count). The summed E-state index contributed by atoms with van der Waals surface area (Å²) < 4.78 is 5.01. The highest BCUT2D eigenvalue weighted by Gasteiger charge is 2.29. The Balaban J connectivity index is 1.84. The number of nitrogens with zero attached hydrogens (tertiary/aromatic N) is 3. The standard InChI is InChI=1S/C16H26N4O3S/c1-3-5-6-9-13-18-19-15(24-13)17-14(21)12-8-7-10-20(11-12)16(22)23-4-2/h12H,3-11H2,1-2H3,(H,17,19,21). The SMILES string of the molecule is CCCCCc1nnc(NC(=O)C2CCCN(C(=O)OCC)C2)s1. The van der Waals surface area contributed by atoms with Gasteiger partial charge >= 0.3 is 6.09 Å². The molecule has 134 valence electrons. The van der Waals surface area contributed by atoms with Crippen LogP contribution < -0.4 is 5.32 Å². The van der Waals surface area contributed by atoms with Crippen LogP contribution in [0.1, 0.15) is 51.0 Å². The van der Waals surface area contributed by atoms with Gasteiger partial charge in [0, 0.05) is 19.5 Å². The summed E-state index contributed by atoms with van der Waals surface area (Å²) in [5.74, 6) is -0.323. The largest absolute Gasteiger partial charge is 0.450 e. The van der Waals surface area contributed by atoms with Gasteiger partial charge in [-0.2, -0.15) is 0 Å². The summed E-state index contributed by atoms with van der Waals surface area (Å²) >= 11 is 1.43. The van der Waals surface area contributed by atoms with Gasteiger partial charge in [-0.15, -0.1) is 10.2 Å². The number of rotatable bonds is 7. The van der Waals surface area contributed by atoms with Crippen molar-refractivity contribution in [3.05, 3.63) is 5.01 Å². The molecule has 0 aliphatic carbocycles. The number of aryl methyl sites for hydroxylation is 1. The van der Waals surface area contributed by atoms with Crippen molar-refractivity contribution in [2.45, 2.75) is 52.4 Å². The molecule has 0 spiro atoms. The van der Waals surface area contributed by atoms with Crippen molar-refractivity contribution in [3.63, 3.8) is 0 Å². The fourth-order valence-electron chi connectivity index (χ4n) is 2.71. The molecule has 0 saturated carbocycles. The summed E-state index contributed by atoms with van der Waals surface area (Å²) in [6.07, 6.45) is 5.56. The summed E-state index contributed by atoms with van der Waals surface area (Å²) in [5.41, 5.74) is 0. The highest BCUT2D eigenvalue weighted by atomic mass is 32.1. The Morgan fingerprint density at radius 3 is 2.92 bits per heavy atom. The van der Waals surface area contributed by atoms with Crippen LogP contribution in [0.4, 0.5) is 9.93 Å². The van der Waals surface area contributed by atoms with Crippen LogP contribution in [0.3, 0.4) is 0 Å². The Morgan fingerprint density at radius 2 is 2.17 bits per heavy atom. The Bertz CT molecular complexity index is 549. The van der Waals surface area contributed by atoms with E-state index in [0.29, 0.717) is 24.8 Å². The first-order valence-corrected chi connectivity index (χ1v) is 9.50. The van der Waals surface area contributed by atoms with E-state index < -0.39 is 0 Å². The van der Waals surface area contributed by atoms with Gasteiger partial charge in [0.1, 0.15) is 5.01 Å². The molecule has 1 aromatic heterocycles.